The molecule has 0 bridgehead atoms. The van der Waals surface area contributed by atoms with Crippen molar-refractivity contribution < 1.29 is 24.3 Å². The van der Waals surface area contributed by atoms with Crippen LogP contribution in [0.5, 0.6) is 17.2 Å². The minimum absolute atomic E-state index is 0.0293. The lowest BCUT2D eigenvalue weighted by Gasteiger charge is -2.18. The molecule has 33 heavy (non-hydrogen) atoms. The molecule has 0 radical (unpaired) electrons. The molecule has 3 aromatic rings. The molecule has 9 heteroatoms. The highest BCUT2D eigenvalue weighted by atomic mass is 35.5. The fourth-order valence-electron chi connectivity index (χ4n) is 3.42. The van der Waals surface area contributed by atoms with Gasteiger partial charge in [0.2, 0.25) is 0 Å². The summed E-state index contributed by atoms with van der Waals surface area (Å²) in [5.41, 5.74) is 1.32. The van der Waals surface area contributed by atoms with E-state index in [1.165, 1.54) is 6.07 Å². The third kappa shape index (κ3) is 5.58. The van der Waals surface area contributed by atoms with Gasteiger partial charge in [-0.3, -0.25) is 4.79 Å². The van der Waals surface area contributed by atoms with Crippen LogP contribution < -0.4 is 10.1 Å². The Bertz CT molecular complexity index is 1090. The van der Waals surface area contributed by atoms with Crippen molar-refractivity contribution in [3.63, 3.8) is 0 Å². The zero-order valence-corrected chi connectivity index (χ0v) is 19.6. The topological polar surface area (TPSA) is 108 Å². The smallest absolute Gasteiger partial charge is 0.274 e. The zero-order chi connectivity index (χ0) is 24.0. The Balaban J connectivity index is 1.96. The van der Waals surface area contributed by atoms with Crippen LogP contribution in [-0.4, -0.2) is 59.0 Å². The summed E-state index contributed by atoms with van der Waals surface area (Å²) in [6.45, 7) is 9.75. The van der Waals surface area contributed by atoms with Gasteiger partial charge in [-0.1, -0.05) is 42.7 Å². The number of phenols is 2. The zero-order valence-electron chi connectivity index (χ0n) is 18.9. The van der Waals surface area contributed by atoms with Gasteiger partial charge in [-0.05, 0) is 43.8 Å². The highest BCUT2D eigenvalue weighted by molar-refractivity contribution is 6.32. The third-order valence-corrected chi connectivity index (χ3v) is 5.57. The molecule has 1 heterocycles. The number of aromatic hydroxyl groups is 2. The largest absolute Gasteiger partial charge is 0.507 e. The SMILES string of the molecule is CCNC(=O)c1noc(-c2cc(Cl)c(O)cc2O)c1-c1ccc(OCCN(CC)CC)cc1. The normalized spacial score (nSPS) is 11.1. The van der Waals surface area contributed by atoms with E-state index in [1.807, 2.05) is 0 Å². The van der Waals surface area contributed by atoms with Crippen LogP contribution in [0.1, 0.15) is 31.3 Å². The van der Waals surface area contributed by atoms with E-state index in [0.717, 1.165) is 25.7 Å². The second-order valence-corrected chi connectivity index (χ2v) is 7.72. The average molecular weight is 474 g/mol. The first-order chi connectivity index (χ1) is 15.9. The van der Waals surface area contributed by atoms with Gasteiger partial charge in [0, 0.05) is 19.2 Å². The number of aromatic nitrogens is 1. The number of benzene rings is 2. The van der Waals surface area contributed by atoms with Crippen molar-refractivity contribution in [3.8, 4) is 39.7 Å². The molecule has 1 aromatic heterocycles. The van der Waals surface area contributed by atoms with Gasteiger partial charge in [0.05, 0.1) is 16.1 Å². The van der Waals surface area contributed by atoms with Crippen LogP contribution in [0.15, 0.2) is 40.9 Å². The van der Waals surface area contributed by atoms with Crippen LogP contribution in [0.25, 0.3) is 22.5 Å². The molecule has 1 amide bonds. The standard InChI is InChI=1S/C24H28ClN3O5/c1-4-26-24(31)22-21(23(33-27-22)17-13-18(25)20(30)14-19(17)29)15-7-9-16(10-8-15)32-12-11-28(5-2)6-3/h7-10,13-14,29-30H,4-6,11-12H2,1-3H3,(H,26,31). The number of amides is 1. The number of carbonyl (C=O) groups is 1. The molecule has 0 aliphatic carbocycles. The van der Waals surface area contributed by atoms with E-state index in [2.05, 4.69) is 29.2 Å². The summed E-state index contributed by atoms with van der Waals surface area (Å²) in [6.07, 6.45) is 0. The Kier molecular flexibility index (Phi) is 8.19. The molecule has 0 fully saturated rings. The highest BCUT2D eigenvalue weighted by Gasteiger charge is 2.26. The van der Waals surface area contributed by atoms with Gasteiger partial charge in [0.15, 0.2) is 11.5 Å². The number of hydrogen-bond donors (Lipinski definition) is 3. The molecular weight excluding hydrogens is 446 g/mol. The molecule has 0 saturated carbocycles. The molecule has 0 atom stereocenters. The van der Waals surface area contributed by atoms with Gasteiger partial charge in [-0.15, -0.1) is 0 Å². The van der Waals surface area contributed by atoms with Crippen molar-refractivity contribution in [2.75, 3.05) is 32.8 Å². The summed E-state index contributed by atoms with van der Waals surface area (Å²) < 4.78 is 11.3. The molecule has 2 aromatic carbocycles. The summed E-state index contributed by atoms with van der Waals surface area (Å²) >= 11 is 6.04. The molecule has 0 unspecified atom stereocenters. The van der Waals surface area contributed by atoms with Crippen molar-refractivity contribution in [1.82, 2.24) is 15.4 Å². The minimum atomic E-state index is -0.411. The van der Waals surface area contributed by atoms with Crippen molar-refractivity contribution in [2.45, 2.75) is 20.8 Å². The van der Waals surface area contributed by atoms with E-state index < -0.39 is 5.91 Å². The Labute approximate surface area is 197 Å². The van der Waals surface area contributed by atoms with E-state index >= 15 is 0 Å². The van der Waals surface area contributed by atoms with E-state index in [9.17, 15) is 15.0 Å². The predicted molar refractivity (Wildman–Crippen MR) is 127 cm³/mol. The molecule has 176 valence electrons. The molecule has 0 aliphatic heterocycles. The summed E-state index contributed by atoms with van der Waals surface area (Å²) in [7, 11) is 0. The maximum absolute atomic E-state index is 12.6. The average Bonchev–Trinajstić information content (AvgIpc) is 3.25. The van der Waals surface area contributed by atoms with Gasteiger partial charge in [0.25, 0.3) is 5.91 Å². The van der Waals surface area contributed by atoms with Crippen LogP contribution in [0.2, 0.25) is 5.02 Å². The third-order valence-electron chi connectivity index (χ3n) is 5.27. The molecule has 8 nitrogen and oxygen atoms in total. The van der Waals surface area contributed by atoms with Gasteiger partial charge in [0.1, 0.15) is 23.9 Å². The van der Waals surface area contributed by atoms with Crippen molar-refractivity contribution in [3.05, 3.63) is 47.1 Å². The van der Waals surface area contributed by atoms with Crippen LogP contribution in [-0.2, 0) is 0 Å². The monoisotopic (exact) mass is 473 g/mol. The van der Waals surface area contributed by atoms with Crippen LogP contribution in [0.4, 0.5) is 0 Å². The summed E-state index contributed by atoms with van der Waals surface area (Å²) in [6, 6.07) is 9.68. The van der Waals surface area contributed by atoms with E-state index in [1.54, 1.807) is 31.2 Å². The number of rotatable bonds is 10. The van der Waals surface area contributed by atoms with Gasteiger partial charge in [-0.25, -0.2) is 0 Å². The quantitative estimate of drug-likeness (QED) is 0.396. The molecule has 0 aliphatic rings. The maximum Gasteiger partial charge on any atom is 0.274 e. The predicted octanol–water partition coefficient (Wildman–Crippen LogP) is 4.54. The second kappa shape index (κ2) is 11.1. The number of phenolic OH excluding ortho intramolecular Hbond substituents is 2. The van der Waals surface area contributed by atoms with E-state index in [0.29, 0.717) is 30.0 Å². The summed E-state index contributed by atoms with van der Waals surface area (Å²) in [5, 5.41) is 26.8. The number of halogens is 1. The summed E-state index contributed by atoms with van der Waals surface area (Å²) in [4.78, 5) is 14.9. The summed E-state index contributed by atoms with van der Waals surface area (Å²) in [5.74, 6) is -0.0847. The fourth-order valence-corrected chi connectivity index (χ4v) is 3.59. The Morgan fingerprint density at radius 1 is 1.12 bits per heavy atom. The fraction of sp³-hybridized carbons (Fsp3) is 0.333. The lowest BCUT2D eigenvalue weighted by Crippen LogP contribution is -2.27. The lowest BCUT2D eigenvalue weighted by molar-refractivity contribution is 0.0947. The van der Waals surface area contributed by atoms with Crippen LogP contribution in [0, 0.1) is 0 Å². The van der Waals surface area contributed by atoms with Gasteiger partial charge in [-0.2, -0.15) is 0 Å². The van der Waals surface area contributed by atoms with Crippen LogP contribution in [0.3, 0.4) is 0 Å². The van der Waals surface area contributed by atoms with Crippen LogP contribution >= 0.6 is 11.6 Å². The highest BCUT2D eigenvalue weighted by Crippen LogP contribution is 2.43. The van der Waals surface area contributed by atoms with E-state index in [4.69, 9.17) is 20.9 Å². The second-order valence-electron chi connectivity index (χ2n) is 7.32. The van der Waals surface area contributed by atoms with Gasteiger partial charge >= 0.3 is 0 Å². The minimum Gasteiger partial charge on any atom is -0.507 e. The molecule has 3 N–H and O–H groups in total. The first-order valence-corrected chi connectivity index (χ1v) is 11.2. The molecule has 0 saturated heterocycles. The lowest BCUT2D eigenvalue weighted by atomic mass is 9.98. The first kappa shape index (κ1) is 24.4. The maximum atomic E-state index is 12.6. The molecular formula is C24H28ClN3O5. The number of likely N-dealkylation sites (N-methyl/N-ethyl adjacent to an activating group) is 1. The first-order valence-electron chi connectivity index (χ1n) is 10.8. The Morgan fingerprint density at radius 2 is 1.82 bits per heavy atom. The number of nitrogens with one attached hydrogen (secondary N) is 1. The molecule has 0 spiro atoms. The van der Waals surface area contributed by atoms with Crippen molar-refractivity contribution >= 4 is 17.5 Å². The number of hydrogen-bond acceptors (Lipinski definition) is 7. The molecule has 3 rings (SSSR count). The van der Waals surface area contributed by atoms with Crippen molar-refractivity contribution in [1.29, 1.82) is 0 Å². The Hall–Kier alpha value is -3.23. The number of nitrogens with zero attached hydrogens (tertiary/aromatic N) is 2. The Morgan fingerprint density at radius 3 is 2.45 bits per heavy atom. The van der Waals surface area contributed by atoms with Gasteiger partial charge < -0.3 is 29.7 Å². The van der Waals surface area contributed by atoms with E-state index in [-0.39, 0.29) is 33.5 Å². The number of carbonyl (C=O) groups excluding carboxylic acids is 1. The number of ether oxygens (including phenoxy) is 1. The van der Waals surface area contributed by atoms with Crippen molar-refractivity contribution in [2.24, 2.45) is 0 Å².